The van der Waals surface area contributed by atoms with E-state index in [4.69, 9.17) is 9.47 Å². The van der Waals surface area contributed by atoms with Crippen molar-refractivity contribution in [3.63, 3.8) is 0 Å². The van der Waals surface area contributed by atoms with E-state index in [2.05, 4.69) is 15.5 Å². The second-order valence-electron chi connectivity index (χ2n) is 5.83. The fourth-order valence-corrected chi connectivity index (χ4v) is 2.47. The molecule has 29 heavy (non-hydrogen) atoms. The predicted octanol–water partition coefficient (Wildman–Crippen LogP) is 4.16. The van der Waals surface area contributed by atoms with Gasteiger partial charge in [-0.05, 0) is 47.5 Å². The first-order chi connectivity index (χ1) is 14.1. The van der Waals surface area contributed by atoms with Gasteiger partial charge in [-0.2, -0.15) is 5.10 Å². The van der Waals surface area contributed by atoms with E-state index in [1.54, 1.807) is 30.3 Å². The molecule has 0 fully saturated rings. The van der Waals surface area contributed by atoms with E-state index in [9.17, 15) is 14.5 Å². The lowest BCUT2D eigenvalue weighted by atomic mass is 10.2. The van der Waals surface area contributed by atoms with E-state index in [1.165, 1.54) is 43.8 Å². The van der Waals surface area contributed by atoms with Gasteiger partial charge in [0.2, 0.25) is 5.82 Å². The van der Waals surface area contributed by atoms with Crippen molar-refractivity contribution in [2.24, 2.45) is 5.10 Å². The van der Waals surface area contributed by atoms with Crippen LogP contribution in [0.5, 0.6) is 11.5 Å². The summed E-state index contributed by atoms with van der Waals surface area (Å²) < 4.78 is 24.3. The maximum atomic E-state index is 13.3. The average molecular weight is 396 g/mol. The average Bonchev–Trinajstić information content (AvgIpc) is 2.73. The van der Waals surface area contributed by atoms with Crippen LogP contribution < -0.4 is 14.9 Å². The molecule has 9 heteroatoms. The Labute approximate surface area is 165 Å². The number of benzene rings is 2. The van der Waals surface area contributed by atoms with Crippen LogP contribution in [-0.4, -0.2) is 23.2 Å². The zero-order chi connectivity index (χ0) is 20.6. The smallest absolute Gasteiger partial charge is 0.313 e. The third-order valence-corrected chi connectivity index (χ3v) is 3.84. The monoisotopic (exact) mass is 396 g/mol. The summed E-state index contributed by atoms with van der Waals surface area (Å²) >= 11 is 0. The number of ether oxygens (including phenoxy) is 2. The van der Waals surface area contributed by atoms with Crippen molar-refractivity contribution in [1.29, 1.82) is 0 Å². The summed E-state index contributed by atoms with van der Waals surface area (Å²) in [5.74, 6) is 0.664. The quantitative estimate of drug-likeness (QED) is 0.349. The van der Waals surface area contributed by atoms with Gasteiger partial charge in [0.1, 0.15) is 12.4 Å². The Bertz CT molecular complexity index is 1040. The minimum absolute atomic E-state index is 0.0377. The number of hydrazone groups is 1. The third-order valence-electron chi connectivity index (χ3n) is 3.84. The molecular formula is C20H17FN4O4. The van der Waals surface area contributed by atoms with Crippen molar-refractivity contribution in [3.8, 4) is 11.5 Å². The number of aromatic nitrogens is 1. The zero-order valence-electron chi connectivity index (χ0n) is 15.4. The molecule has 0 aliphatic heterocycles. The minimum Gasteiger partial charge on any atom is -0.493 e. The maximum Gasteiger partial charge on any atom is 0.313 e. The number of hydrogen-bond acceptors (Lipinski definition) is 7. The Morgan fingerprint density at radius 2 is 2.07 bits per heavy atom. The summed E-state index contributed by atoms with van der Waals surface area (Å²) in [6, 6.07) is 14.1. The number of hydrogen-bond donors (Lipinski definition) is 1. The van der Waals surface area contributed by atoms with Crippen LogP contribution in [0.2, 0.25) is 0 Å². The van der Waals surface area contributed by atoms with Crippen LogP contribution in [0.3, 0.4) is 0 Å². The van der Waals surface area contributed by atoms with E-state index in [0.717, 1.165) is 0 Å². The van der Waals surface area contributed by atoms with Gasteiger partial charge >= 0.3 is 5.69 Å². The first kappa shape index (κ1) is 19.7. The van der Waals surface area contributed by atoms with Crippen molar-refractivity contribution >= 4 is 17.7 Å². The number of rotatable bonds is 8. The highest BCUT2D eigenvalue weighted by Crippen LogP contribution is 2.28. The van der Waals surface area contributed by atoms with Crippen LogP contribution in [0, 0.1) is 15.9 Å². The summed E-state index contributed by atoms with van der Waals surface area (Å²) in [4.78, 5) is 14.3. The molecule has 3 rings (SSSR count). The van der Waals surface area contributed by atoms with Gasteiger partial charge in [0.15, 0.2) is 11.5 Å². The van der Waals surface area contributed by atoms with Crippen molar-refractivity contribution in [2.45, 2.75) is 6.61 Å². The Kier molecular flexibility index (Phi) is 6.31. The van der Waals surface area contributed by atoms with Crippen LogP contribution in [0.25, 0.3) is 0 Å². The molecule has 0 radical (unpaired) electrons. The molecule has 3 aromatic rings. The summed E-state index contributed by atoms with van der Waals surface area (Å²) in [6.07, 6.45) is 2.90. The molecule has 0 saturated heterocycles. The third kappa shape index (κ3) is 5.25. The molecule has 0 spiro atoms. The van der Waals surface area contributed by atoms with Gasteiger partial charge in [-0.3, -0.25) is 15.5 Å². The molecule has 0 unspecified atom stereocenters. The lowest BCUT2D eigenvalue weighted by Crippen LogP contribution is -2.00. The molecule has 1 N–H and O–H groups in total. The minimum atomic E-state index is -0.543. The maximum absolute atomic E-state index is 13.3. The zero-order valence-corrected chi connectivity index (χ0v) is 15.4. The fraction of sp³-hybridized carbons (Fsp3) is 0.100. The molecule has 148 valence electrons. The fourth-order valence-electron chi connectivity index (χ4n) is 2.47. The van der Waals surface area contributed by atoms with E-state index in [1.807, 2.05) is 0 Å². The van der Waals surface area contributed by atoms with Crippen LogP contribution in [0.15, 0.2) is 65.9 Å². The molecule has 0 atom stereocenters. The number of methoxy groups -OCH3 is 1. The SMILES string of the molecule is COc1cc(/C=N\Nc2ncccc2[N+](=O)[O-])ccc1OCc1cccc(F)c1. The number of halogens is 1. The Morgan fingerprint density at radius 3 is 2.83 bits per heavy atom. The van der Waals surface area contributed by atoms with Crippen molar-refractivity contribution in [3.05, 3.63) is 87.9 Å². The van der Waals surface area contributed by atoms with Crippen LogP contribution in [-0.2, 0) is 6.61 Å². The van der Waals surface area contributed by atoms with Crippen LogP contribution in [0.4, 0.5) is 15.9 Å². The number of nitrogens with one attached hydrogen (secondary N) is 1. The van der Waals surface area contributed by atoms with Crippen LogP contribution in [0.1, 0.15) is 11.1 Å². The van der Waals surface area contributed by atoms with E-state index in [-0.39, 0.29) is 23.9 Å². The predicted molar refractivity (Wildman–Crippen MR) is 106 cm³/mol. The highest BCUT2D eigenvalue weighted by Gasteiger charge is 2.13. The second-order valence-corrected chi connectivity index (χ2v) is 5.83. The molecule has 0 aliphatic carbocycles. The molecule has 0 amide bonds. The highest BCUT2D eigenvalue weighted by atomic mass is 19.1. The molecule has 2 aromatic carbocycles. The highest BCUT2D eigenvalue weighted by molar-refractivity contribution is 5.81. The van der Waals surface area contributed by atoms with E-state index in [0.29, 0.717) is 22.6 Å². The van der Waals surface area contributed by atoms with Crippen molar-refractivity contribution in [2.75, 3.05) is 12.5 Å². The number of nitro groups is 1. The lowest BCUT2D eigenvalue weighted by molar-refractivity contribution is -0.384. The Morgan fingerprint density at radius 1 is 1.21 bits per heavy atom. The number of nitrogens with zero attached hydrogens (tertiary/aromatic N) is 3. The Hall–Kier alpha value is -4.01. The summed E-state index contributed by atoms with van der Waals surface area (Å²) in [5.41, 5.74) is 3.74. The molecule has 0 bridgehead atoms. The van der Waals surface area contributed by atoms with Crippen molar-refractivity contribution < 1.29 is 18.8 Å². The largest absolute Gasteiger partial charge is 0.493 e. The molecule has 0 saturated carbocycles. The number of pyridine rings is 1. The molecular weight excluding hydrogens is 379 g/mol. The normalized spacial score (nSPS) is 10.7. The van der Waals surface area contributed by atoms with Gasteiger partial charge < -0.3 is 9.47 Å². The first-order valence-electron chi connectivity index (χ1n) is 8.50. The topological polar surface area (TPSA) is 98.9 Å². The van der Waals surface area contributed by atoms with E-state index < -0.39 is 4.92 Å². The standard InChI is InChI=1S/C20H17FN4O4/c1-28-19-11-14(12-23-24-20-17(25(26)27)6-3-9-22-20)7-8-18(19)29-13-15-4-2-5-16(21)10-15/h2-12H,13H2,1H3,(H,22,24)/b23-12-. The van der Waals surface area contributed by atoms with E-state index >= 15 is 0 Å². The second kappa shape index (κ2) is 9.27. The summed E-state index contributed by atoms with van der Waals surface area (Å²) in [6.45, 7) is 0.187. The van der Waals surface area contributed by atoms with Crippen molar-refractivity contribution in [1.82, 2.24) is 4.98 Å². The van der Waals surface area contributed by atoms with Gasteiger partial charge in [-0.1, -0.05) is 12.1 Å². The van der Waals surface area contributed by atoms with Gasteiger partial charge in [0, 0.05) is 12.3 Å². The number of anilines is 1. The summed E-state index contributed by atoms with van der Waals surface area (Å²) in [7, 11) is 1.50. The van der Waals surface area contributed by atoms with Gasteiger partial charge in [-0.25, -0.2) is 9.37 Å². The molecule has 0 aliphatic rings. The summed E-state index contributed by atoms with van der Waals surface area (Å²) in [5, 5.41) is 15.0. The van der Waals surface area contributed by atoms with Gasteiger partial charge in [0.25, 0.3) is 0 Å². The first-order valence-corrected chi connectivity index (χ1v) is 8.50. The van der Waals surface area contributed by atoms with Crippen LogP contribution >= 0.6 is 0 Å². The molecule has 1 heterocycles. The molecule has 1 aromatic heterocycles. The molecule has 8 nitrogen and oxygen atoms in total. The van der Waals surface area contributed by atoms with Gasteiger partial charge in [-0.15, -0.1) is 0 Å². The Balaban J connectivity index is 1.68. The lowest BCUT2D eigenvalue weighted by Gasteiger charge is -2.11. The van der Waals surface area contributed by atoms with Gasteiger partial charge in [0.05, 0.1) is 18.2 Å².